The van der Waals surface area contributed by atoms with Gasteiger partial charge in [0.25, 0.3) is 0 Å². The molecule has 0 aliphatic rings. The molecule has 1 rings (SSSR count). The molecule has 0 amide bonds. The lowest BCUT2D eigenvalue weighted by atomic mass is 10.3. The molecule has 0 aliphatic heterocycles. The van der Waals surface area contributed by atoms with Crippen LogP contribution in [-0.2, 0) is 6.54 Å². The fourth-order valence-corrected chi connectivity index (χ4v) is 1.11. The lowest BCUT2D eigenvalue weighted by Crippen LogP contribution is -2.14. The van der Waals surface area contributed by atoms with Crippen molar-refractivity contribution in [2.45, 2.75) is 26.0 Å². The molecule has 0 aromatic carbocycles. The van der Waals surface area contributed by atoms with E-state index in [4.69, 9.17) is 0 Å². The highest BCUT2D eigenvalue weighted by molar-refractivity contribution is 9.10. The van der Waals surface area contributed by atoms with Gasteiger partial charge in [-0.15, -0.1) is 0 Å². The predicted octanol–water partition coefficient (Wildman–Crippen LogP) is 1.42. The zero-order valence-electron chi connectivity index (χ0n) is 6.37. The molecule has 0 radical (unpaired) electrons. The third kappa shape index (κ3) is 2.63. The van der Waals surface area contributed by atoms with Gasteiger partial charge < -0.3 is 5.11 Å². The standard InChI is InChI=1S/C7H11BrN2O/c1-2-7(11)5-10-4-6(8)3-9-10/h3-4,7,11H,2,5H2,1H3/t7-/m0/s1. The highest BCUT2D eigenvalue weighted by Crippen LogP contribution is 2.06. The Balaban J connectivity index is 2.50. The maximum absolute atomic E-state index is 9.24. The molecule has 0 saturated carbocycles. The van der Waals surface area contributed by atoms with Crippen molar-refractivity contribution in [3.8, 4) is 0 Å². The number of aromatic nitrogens is 2. The van der Waals surface area contributed by atoms with Gasteiger partial charge in [-0.3, -0.25) is 4.68 Å². The van der Waals surface area contributed by atoms with Gasteiger partial charge in [-0.25, -0.2) is 0 Å². The van der Waals surface area contributed by atoms with Gasteiger partial charge in [0, 0.05) is 6.20 Å². The van der Waals surface area contributed by atoms with E-state index in [1.165, 1.54) is 0 Å². The molecular weight excluding hydrogens is 208 g/mol. The minimum atomic E-state index is -0.290. The number of halogens is 1. The summed E-state index contributed by atoms with van der Waals surface area (Å²) in [4.78, 5) is 0. The molecule has 1 heterocycles. The number of hydrogen-bond acceptors (Lipinski definition) is 2. The van der Waals surface area contributed by atoms with Gasteiger partial charge in [0.1, 0.15) is 0 Å². The van der Waals surface area contributed by atoms with E-state index >= 15 is 0 Å². The van der Waals surface area contributed by atoms with Crippen molar-refractivity contribution < 1.29 is 5.11 Å². The molecule has 62 valence electrons. The summed E-state index contributed by atoms with van der Waals surface area (Å²) in [6.45, 7) is 2.52. The van der Waals surface area contributed by atoms with Crippen molar-refractivity contribution in [3.63, 3.8) is 0 Å². The van der Waals surface area contributed by atoms with Crippen LogP contribution in [0.3, 0.4) is 0 Å². The van der Waals surface area contributed by atoms with E-state index < -0.39 is 0 Å². The Labute approximate surface area is 74.2 Å². The molecule has 0 spiro atoms. The quantitative estimate of drug-likeness (QED) is 0.834. The van der Waals surface area contributed by atoms with Crippen LogP contribution >= 0.6 is 15.9 Å². The number of rotatable bonds is 3. The Morgan fingerprint density at radius 1 is 1.82 bits per heavy atom. The largest absolute Gasteiger partial charge is 0.391 e. The Hall–Kier alpha value is -0.350. The molecule has 0 bridgehead atoms. The van der Waals surface area contributed by atoms with Crippen LogP contribution in [0.5, 0.6) is 0 Å². The van der Waals surface area contributed by atoms with Crippen molar-refractivity contribution in [2.24, 2.45) is 0 Å². The smallest absolute Gasteiger partial charge is 0.0733 e. The molecule has 0 aliphatic carbocycles. The molecule has 3 nitrogen and oxygen atoms in total. The lowest BCUT2D eigenvalue weighted by Gasteiger charge is -2.06. The first kappa shape index (κ1) is 8.74. The normalized spacial score (nSPS) is 13.4. The van der Waals surface area contributed by atoms with E-state index in [-0.39, 0.29) is 6.10 Å². The van der Waals surface area contributed by atoms with Crippen LogP contribution in [0.4, 0.5) is 0 Å². The van der Waals surface area contributed by atoms with Gasteiger partial charge in [0.15, 0.2) is 0 Å². The molecule has 11 heavy (non-hydrogen) atoms. The van der Waals surface area contributed by atoms with Crippen LogP contribution in [0.25, 0.3) is 0 Å². The molecule has 1 N–H and O–H groups in total. The molecule has 0 saturated heterocycles. The lowest BCUT2D eigenvalue weighted by molar-refractivity contribution is 0.145. The number of nitrogens with zero attached hydrogens (tertiary/aromatic N) is 2. The Kier molecular flexibility index (Phi) is 3.08. The maximum Gasteiger partial charge on any atom is 0.0733 e. The van der Waals surface area contributed by atoms with Crippen LogP contribution in [0.15, 0.2) is 16.9 Å². The summed E-state index contributed by atoms with van der Waals surface area (Å²) in [6, 6.07) is 0. The maximum atomic E-state index is 9.24. The van der Waals surface area contributed by atoms with Crippen molar-refractivity contribution >= 4 is 15.9 Å². The summed E-state index contributed by atoms with van der Waals surface area (Å²) in [6.07, 6.45) is 4.03. The topological polar surface area (TPSA) is 38.0 Å². The number of aliphatic hydroxyl groups is 1. The third-order valence-corrected chi connectivity index (χ3v) is 1.88. The van der Waals surface area contributed by atoms with Crippen molar-refractivity contribution in [1.82, 2.24) is 9.78 Å². The summed E-state index contributed by atoms with van der Waals surface area (Å²) in [5.41, 5.74) is 0. The van der Waals surface area contributed by atoms with E-state index in [0.29, 0.717) is 6.54 Å². The molecular formula is C7H11BrN2O. The van der Waals surface area contributed by atoms with Crippen LogP contribution < -0.4 is 0 Å². The summed E-state index contributed by atoms with van der Waals surface area (Å²) in [7, 11) is 0. The Morgan fingerprint density at radius 3 is 3.00 bits per heavy atom. The van der Waals surface area contributed by atoms with Gasteiger partial charge >= 0.3 is 0 Å². The first-order valence-electron chi connectivity index (χ1n) is 3.58. The monoisotopic (exact) mass is 218 g/mol. The average molecular weight is 219 g/mol. The highest BCUT2D eigenvalue weighted by Gasteiger charge is 2.02. The minimum absolute atomic E-state index is 0.290. The molecule has 1 atom stereocenters. The van der Waals surface area contributed by atoms with Crippen LogP contribution in [0, 0.1) is 0 Å². The van der Waals surface area contributed by atoms with E-state index in [1.54, 1.807) is 10.9 Å². The molecule has 0 fully saturated rings. The fraction of sp³-hybridized carbons (Fsp3) is 0.571. The van der Waals surface area contributed by atoms with Crippen LogP contribution in [-0.4, -0.2) is 21.0 Å². The van der Waals surface area contributed by atoms with Crippen molar-refractivity contribution in [2.75, 3.05) is 0 Å². The van der Waals surface area contributed by atoms with Gasteiger partial charge in [-0.2, -0.15) is 5.10 Å². The van der Waals surface area contributed by atoms with Crippen LogP contribution in [0.1, 0.15) is 13.3 Å². The van der Waals surface area contributed by atoms with E-state index in [2.05, 4.69) is 21.0 Å². The zero-order chi connectivity index (χ0) is 8.27. The van der Waals surface area contributed by atoms with Gasteiger partial charge in [-0.1, -0.05) is 6.92 Å². The molecule has 4 heteroatoms. The molecule has 0 unspecified atom stereocenters. The number of aliphatic hydroxyl groups excluding tert-OH is 1. The van der Waals surface area contributed by atoms with E-state index in [9.17, 15) is 5.11 Å². The SMILES string of the molecule is CC[C@H](O)Cn1cc(Br)cn1. The van der Waals surface area contributed by atoms with Crippen molar-refractivity contribution in [3.05, 3.63) is 16.9 Å². The second kappa shape index (κ2) is 3.88. The summed E-state index contributed by atoms with van der Waals surface area (Å²) in [5.74, 6) is 0. The zero-order valence-corrected chi connectivity index (χ0v) is 7.95. The van der Waals surface area contributed by atoms with Gasteiger partial charge in [0.2, 0.25) is 0 Å². The molecule has 1 aromatic rings. The minimum Gasteiger partial charge on any atom is -0.391 e. The van der Waals surface area contributed by atoms with Gasteiger partial charge in [0.05, 0.1) is 23.3 Å². The second-order valence-corrected chi connectivity index (χ2v) is 3.36. The number of hydrogen-bond donors (Lipinski definition) is 1. The fourth-order valence-electron chi connectivity index (χ4n) is 0.783. The van der Waals surface area contributed by atoms with Crippen molar-refractivity contribution in [1.29, 1.82) is 0 Å². The first-order valence-corrected chi connectivity index (χ1v) is 4.37. The Bertz CT molecular complexity index is 224. The summed E-state index contributed by atoms with van der Waals surface area (Å²) < 4.78 is 2.67. The van der Waals surface area contributed by atoms with E-state index in [1.807, 2.05) is 13.1 Å². The predicted molar refractivity (Wildman–Crippen MR) is 46.2 cm³/mol. The average Bonchev–Trinajstić information content (AvgIpc) is 2.35. The van der Waals surface area contributed by atoms with E-state index in [0.717, 1.165) is 10.9 Å². The summed E-state index contributed by atoms with van der Waals surface area (Å²) in [5, 5.41) is 13.3. The molecule has 1 aromatic heterocycles. The Morgan fingerprint density at radius 2 is 2.55 bits per heavy atom. The van der Waals surface area contributed by atoms with Gasteiger partial charge in [-0.05, 0) is 22.4 Å². The second-order valence-electron chi connectivity index (χ2n) is 2.44. The van der Waals surface area contributed by atoms with Crippen LogP contribution in [0.2, 0.25) is 0 Å². The highest BCUT2D eigenvalue weighted by atomic mass is 79.9. The third-order valence-electron chi connectivity index (χ3n) is 1.47. The first-order chi connectivity index (χ1) is 5.22. The summed E-state index contributed by atoms with van der Waals surface area (Å²) >= 11 is 3.28.